The van der Waals surface area contributed by atoms with Gasteiger partial charge in [0.05, 0.1) is 0 Å². The Morgan fingerprint density at radius 1 is 1.29 bits per heavy atom. The van der Waals surface area contributed by atoms with E-state index in [1.807, 2.05) is 43.3 Å². The molecule has 0 spiro atoms. The fourth-order valence-electron chi connectivity index (χ4n) is 1.48. The lowest BCUT2D eigenvalue weighted by atomic mass is 10.1. The summed E-state index contributed by atoms with van der Waals surface area (Å²) in [5.41, 5.74) is 6.76. The van der Waals surface area contributed by atoms with Crippen LogP contribution in [0.1, 0.15) is 18.5 Å². The van der Waals surface area contributed by atoms with Gasteiger partial charge in [-0.15, -0.1) is 0 Å². The molecule has 2 aromatic rings. The molecular weight excluding hydrogens is 280 g/mol. The quantitative estimate of drug-likeness (QED) is 0.939. The Hall–Kier alpha value is -1.39. The zero-order valence-electron chi connectivity index (χ0n) is 9.43. The number of aromatic nitrogens is 1. The maximum atomic E-state index is 5.87. The van der Waals surface area contributed by atoms with Crippen molar-refractivity contribution in [2.45, 2.75) is 13.0 Å². The number of nitrogens with zero attached hydrogens (tertiary/aromatic N) is 1. The summed E-state index contributed by atoms with van der Waals surface area (Å²) in [5.74, 6) is 1.29. The van der Waals surface area contributed by atoms with E-state index in [0.717, 1.165) is 15.8 Å². The zero-order chi connectivity index (χ0) is 12.3. The predicted octanol–water partition coefficient (Wildman–Crippen LogP) is 3.66. The molecule has 17 heavy (non-hydrogen) atoms. The topological polar surface area (TPSA) is 48.1 Å². The molecule has 0 aliphatic rings. The van der Waals surface area contributed by atoms with Gasteiger partial charge in [0.25, 0.3) is 0 Å². The summed E-state index contributed by atoms with van der Waals surface area (Å²) in [6, 6.07) is 11.3. The Labute approximate surface area is 109 Å². The smallest absolute Gasteiger partial charge is 0.223 e. The van der Waals surface area contributed by atoms with Gasteiger partial charge >= 0.3 is 0 Å². The van der Waals surface area contributed by atoms with Crippen LogP contribution in [0, 0.1) is 0 Å². The first-order chi connectivity index (χ1) is 8.16. The third-order valence-electron chi connectivity index (χ3n) is 2.30. The minimum absolute atomic E-state index is 0.106. The van der Waals surface area contributed by atoms with Gasteiger partial charge in [-0.05, 0) is 31.2 Å². The van der Waals surface area contributed by atoms with E-state index >= 15 is 0 Å². The number of ether oxygens (including phenoxy) is 1. The molecule has 3 nitrogen and oxygen atoms in total. The number of rotatable bonds is 3. The highest BCUT2D eigenvalue weighted by atomic mass is 79.9. The Bertz CT molecular complexity index is 514. The molecule has 2 rings (SSSR count). The van der Waals surface area contributed by atoms with Crippen molar-refractivity contribution in [3.05, 3.63) is 52.6 Å². The summed E-state index contributed by atoms with van der Waals surface area (Å²) in [4.78, 5) is 4.21. The van der Waals surface area contributed by atoms with Gasteiger partial charge in [-0.2, -0.15) is 0 Å². The summed E-state index contributed by atoms with van der Waals surface area (Å²) in [6.45, 7) is 1.91. The lowest BCUT2D eigenvalue weighted by Gasteiger charge is -2.12. The van der Waals surface area contributed by atoms with Gasteiger partial charge in [0.1, 0.15) is 5.75 Å². The molecule has 0 unspecified atom stereocenters. The number of pyridine rings is 1. The summed E-state index contributed by atoms with van der Waals surface area (Å²) in [5, 5.41) is 0. The van der Waals surface area contributed by atoms with Gasteiger partial charge in [0.15, 0.2) is 0 Å². The maximum Gasteiger partial charge on any atom is 0.223 e. The van der Waals surface area contributed by atoms with Crippen molar-refractivity contribution >= 4 is 15.9 Å². The number of hydrogen-bond acceptors (Lipinski definition) is 3. The van der Waals surface area contributed by atoms with Crippen molar-refractivity contribution in [3.63, 3.8) is 0 Å². The monoisotopic (exact) mass is 292 g/mol. The molecule has 88 valence electrons. The Kier molecular flexibility index (Phi) is 3.76. The van der Waals surface area contributed by atoms with Crippen molar-refractivity contribution in [2.75, 3.05) is 0 Å². The first-order valence-electron chi connectivity index (χ1n) is 5.31. The fourth-order valence-corrected chi connectivity index (χ4v) is 1.86. The van der Waals surface area contributed by atoms with Crippen LogP contribution in [-0.2, 0) is 0 Å². The molecule has 4 heteroatoms. The van der Waals surface area contributed by atoms with Gasteiger partial charge in [-0.3, -0.25) is 0 Å². The highest BCUT2D eigenvalue weighted by Gasteiger charge is 2.09. The van der Waals surface area contributed by atoms with E-state index in [0.29, 0.717) is 5.88 Å². The average Bonchev–Trinajstić information content (AvgIpc) is 2.29. The van der Waals surface area contributed by atoms with Crippen LogP contribution in [0.15, 0.2) is 47.1 Å². The number of nitrogens with two attached hydrogens (primary N) is 1. The zero-order valence-corrected chi connectivity index (χ0v) is 11.0. The second-order valence-electron chi connectivity index (χ2n) is 3.75. The largest absolute Gasteiger partial charge is 0.439 e. The maximum absolute atomic E-state index is 5.87. The lowest BCUT2D eigenvalue weighted by Crippen LogP contribution is -2.07. The first-order valence-corrected chi connectivity index (χ1v) is 6.10. The Morgan fingerprint density at radius 2 is 2.12 bits per heavy atom. The van der Waals surface area contributed by atoms with Gasteiger partial charge in [-0.1, -0.05) is 28.1 Å². The van der Waals surface area contributed by atoms with Crippen molar-refractivity contribution in [2.24, 2.45) is 5.73 Å². The average molecular weight is 293 g/mol. The summed E-state index contributed by atoms with van der Waals surface area (Å²) >= 11 is 3.40. The molecular formula is C13H13BrN2O. The van der Waals surface area contributed by atoms with E-state index < -0.39 is 0 Å². The molecule has 0 fully saturated rings. The Morgan fingerprint density at radius 3 is 2.82 bits per heavy atom. The molecule has 1 aromatic carbocycles. The van der Waals surface area contributed by atoms with Crippen LogP contribution in [0.25, 0.3) is 0 Å². The molecule has 0 saturated carbocycles. The minimum Gasteiger partial charge on any atom is -0.439 e. The highest BCUT2D eigenvalue weighted by Crippen LogP contribution is 2.27. The molecule has 1 heterocycles. The van der Waals surface area contributed by atoms with Gasteiger partial charge in [0.2, 0.25) is 5.88 Å². The first kappa shape index (κ1) is 12.1. The normalized spacial score (nSPS) is 12.2. The minimum atomic E-state index is -0.106. The van der Waals surface area contributed by atoms with E-state index in [-0.39, 0.29) is 6.04 Å². The van der Waals surface area contributed by atoms with Crippen molar-refractivity contribution in [3.8, 4) is 11.6 Å². The van der Waals surface area contributed by atoms with Crippen LogP contribution >= 0.6 is 15.9 Å². The van der Waals surface area contributed by atoms with E-state index in [2.05, 4.69) is 20.9 Å². The number of benzene rings is 1. The van der Waals surface area contributed by atoms with Crippen molar-refractivity contribution in [1.82, 2.24) is 4.98 Å². The van der Waals surface area contributed by atoms with Crippen molar-refractivity contribution < 1.29 is 4.74 Å². The SMILES string of the molecule is C[C@@H](N)c1cccnc1Oc1cccc(Br)c1. The molecule has 0 amide bonds. The fraction of sp³-hybridized carbons (Fsp3) is 0.154. The number of hydrogen-bond donors (Lipinski definition) is 1. The summed E-state index contributed by atoms with van der Waals surface area (Å²) in [6.07, 6.45) is 1.69. The van der Waals surface area contributed by atoms with Gasteiger partial charge in [-0.25, -0.2) is 4.98 Å². The molecule has 2 N–H and O–H groups in total. The molecule has 1 aromatic heterocycles. The molecule has 0 saturated heterocycles. The van der Waals surface area contributed by atoms with E-state index in [9.17, 15) is 0 Å². The van der Waals surface area contributed by atoms with Crippen LogP contribution in [0.2, 0.25) is 0 Å². The van der Waals surface area contributed by atoms with E-state index in [4.69, 9.17) is 10.5 Å². The summed E-state index contributed by atoms with van der Waals surface area (Å²) in [7, 11) is 0. The molecule has 0 radical (unpaired) electrons. The van der Waals surface area contributed by atoms with Crippen LogP contribution in [0.3, 0.4) is 0 Å². The van der Waals surface area contributed by atoms with Gasteiger partial charge < -0.3 is 10.5 Å². The third kappa shape index (κ3) is 3.05. The van der Waals surface area contributed by atoms with Crippen LogP contribution in [0.4, 0.5) is 0 Å². The third-order valence-corrected chi connectivity index (χ3v) is 2.80. The van der Waals surface area contributed by atoms with Crippen molar-refractivity contribution in [1.29, 1.82) is 0 Å². The van der Waals surface area contributed by atoms with E-state index in [1.54, 1.807) is 6.20 Å². The second kappa shape index (κ2) is 5.29. The van der Waals surface area contributed by atoms with E-state index in [1.165, 1.54) is 0 Å². The van der Waals surface area contributed by atoms with Crippen LogP contribution in [-0.4, -0.2) is 4.98 Å². The molecule has 0 aliphatic heterocycles. The molecule has 1 atom stereocenters. The summed E-state index contributed by atoms with van der Waals surface area (Å²) < 4.78 is 6.70. The molecule has 0 aliphatic carbocycles. The Balaban J connectivity index is 2.30. The number of halogens is 1. The predicted molar refractivity (Wildman–Crippen MR) is 71.1 cm³/mol. The highest BCUT2D eigenvalue weighted by molar-refractivity contribution is 9.10. The molecule has 0 bridgehead atoms. The van der Waals surface area contributed by atoms with Crippen LogP contribution in [0.5, 0.6) is 11.6 Å². The van der Waals surface area contributed by atoms with Gasteiger partial charge in [0, 0.05) is 22.3 Å². The van der Waals surface area contributed by atoms with Crippen LogP contribution < -0.4 is 10.5 Å². The second-order valence-corrected chi connectivity index (χ2v) is 4.66. The lowest BCUT2D eigenvalue weighted by molar-refractivity contribution is 0.452. The standard InChI is InChI=1S/C13H13BrN2O/c1-9(15)12-6-3-7-16-13(12)17-11-5-2-4-10(14)8-11/h2-9H,15H2,1H3/t9-/m1/s1.